The summed E-state index contributed by atoms with van der Waals surface area (Å²) in [5, 5.41) is 4.07. The Kier molecular flexibility index (Phi) is 5.22. The van der Waals surface area contributed by atoms with Crippen LogP contribution >= 0.6 is 36.4 Å². The first kappa shape index (κ1) is 17.3. The van der Waals surface area contributed by atoms with Crippen LogP contribution in [0, 0.1) is 0 Å². The van der Waals surface area contributed by atoms with Crippen molar-refractivity contribution in [3.8, 4) is 0 Å². The van der Waals surface area contributed by atoms with Gasteiger partial charge in [-0.2, -0.15) is 0 Å². The fraction of sp³-hybridized carbons (Fsp3) is 0.429. The number of aromatic nitrogens is 2. The number of halogens is 3. The Hall–Kier alpha value is -1.01. The van der Waals surface area contributed by atoms with Crippen molar-refractivity contribution in [1.82, 2.24) is 20.2 Å². The molecule has 5 nitrogen and oxygen atoms in total. The molecule has 22 heavy (non-hydrogen) atoms. The highest BCUT2D eigenvalue weighted by atomic mass is 35.5. The van der Waals surface area contributed by atoms with Crippen molar-refractivity contribution in [1.29, 1.82) is 0 Å². The zero-order chi connectivity index (χ0) is 13.7. The zero-order valence-corrected chi connectivity index (χ0v) is 14.1. The van der Waals surface area contributed by atoms with Gasteiger partial charge in [0.15, 0.2) is 0 Å². The molecule has 1 amide bonds. The Morgan fingerprint density at radius 3 is 3.00 bits per heavy atom. The summed E-state index contributed by atoms with van der Waals surface area (Å²) in [4.78, 5) is 21.8. The molecule has 2 fully saturated rings. The number of carbonyl (C=O) groups excluding carboxylic acids is 1. The average Bonchev–Trinajstić information content (AvgIpc) is 3.06. The van der Waals surface area contributed by atoms with Crippen LogP contribution in [-0.2, 0) is 11.3 Å². The number of fused-ring (bicyclic) bond motifs is 2. The number of likely N-dealkylation sites (tertiary alicyclic amines) is 1. The van der Waals surface area contributed by atoms with Gasteiger partial charge >= 0.3 is 0 Å². The van der Waals surface area contributed by atoms with Gasteiger partial charge in [0.1, 0.15) is 5.82 Å². The van der Waals surface area contributed by atoms with Crippen molar-refractivity contribution in [2.45, 2.75) is 31.5 Å². The van der Waals surface area contributed by atoms with E-state index in [1.807, 2.05) is 23.1 Å². The van der Waals surface area contributed by atoms with Crippen molar-refractivity contribution in [2.24, 2.45) is 0 Å². The number of rotatable bonds is 2. The van der Waals surface area contributed by atoms with Gasteiger partial charge < -0.3 is 15.2 Å². The lowest BCUT2D eigenvalue weighted by molar-refractivity contribution is -0.129. The smallest absolute Gasteiger partial charge is 0.224 e. The SMILES string of the molecule is Cl.Cl.O=C1C[C@H]2NCC[C@H]2N1Cc1nc2ccc(Cl)cc2[nH]1. The fourth-order valence-electron chi connectivity index (χ4n) is 3.30. The summed E-state index contributed by atoms with van der Waals surface area (Å²) < 4.78 is 0. The Morgan fingerprint density at radius 2 is 2.18 bits per heavy atom. The maximum absolute atomic E-state index is 12.1. The molecular formula is C14H17Cl3N4O. The first-order chi connectivity index (χ1) is 9.70. The summed E-state index contributed by atoms with van der Waals surface area (Å²) in [6.07, 6.45) is 1.64. The van der Waals surface area contributed by atoms with E-state index in [-0.39, 0.29) is 30.7 Å². The van der Waals surface area contributed by atoms with Crippen LogP contribution in [0.1, 0.15) is 18.7 Å². The largest absolute Gasteiger partial charge is 0.340 e. The molecule has 0 aliphatic carbocycles. The third-order valence-corrected chi connectivity index (χ3v) is 4.47. The third-order valence-electron chi connectivity index (χ3n) is 4.24. The molecule has 0 spiro atoms. The molecule has 0 saturated carbocycles. The highest BCUT2D eigenvalue weighted by molar-refractivity contribution is 6.31. The number of hydrogen-bond donors (Lipinski definition) is 2. The predicted octanol–water partition coefficient (Wildman–Crippen LogP) is 2.52. The van der Waals surface area contributed by atoms with Crippen molar-refractivity contribution >= 4 is 53.4 Å². The van der Waals surface area contributed by atoms with E-state index >= 15 is 0 Å². The summed E-state index contributed by atoms with van der Waals surface area (Å²) in [5.74, 6) is 1.04. The van der Waals surface area contributed by atoms with E-state index in [1.54, 1.807) is 0 Å². The van der Waals surface area contributed by atoms with Gasteiger partial charge in [0.2, 0.25) is 5.91 Å². The van der Waals surface area contributed by atoms with Crippen LogP contribution in [0.4, 0.5) is 0 Å². The van der Waals surface area contributed by atoms with E-state index in [9.17, 15) is 4.79 Å². The Balaban J connectivity index is 0.000000882. The van der Waals surface area contributed by atoms with Crippen LogP contribution in [-0.4, -0.2) is 39.4 Å². The quantitative estimate of drug-likeness (QED) is 0.862. The van der Waals surface area contributed by atoms with E-state index in [0.717, 1.165) is 29.8 Å². The van der Waals surface area contributed by atoms with Crippen LogP contribution < -0.4 is 5.32 Å². The van der Waals surface area contributed by atoms with Crippen molar-refractivity contribution in [3.05, 3.63) is 29.0 Å². The van der Waals surface area contributed by atoms with Gasteiger partial charge in [0.25, 0.3) is 0 Å². The van der Waals surface area contributed by atoms with Gasteiger partial charge in [-0.15, -0.1) is 24.8 Å². The van der Waals surface area contributed by atoms with Gasteiger partial charge in [-0.3, -0.25) is 4.79 Å². The molecular weight excluding hydrogens is 347 g/mol. The lowest BCUT2D eigenvalue weighted by Crippen LogP contribution is -2.35. The topological polar surface area (TPSA) is 61.0 Å². The van der Waals surface area contributed by atoms with Gasteiger partial charge in [0, 0.05) is 23.5 Å². The summed E-state index contributed by atoms with van der Waals surface area (Å²) in [7, 11) is 0. The second-order valence-electron chi connectivity index (χ2n) is 5.49. The normalized spacial score (nSPS) is 23.3. The van der Waals surface area contributed by atoms with E-state index in [0.29, 0.717) is 30.1 Å². The molecule has 0 unspecified atom stereocenters. The number of imidazole rings is 1. The molecule has 4 rings (SSSR count). The molecule has 2 atom stereocenters. The number of hydrogen-bond acceptors (Lipinski definition) is 3. The van der Waals surface area contributed by atoms with Crippen LogP contribution in [0.3, 0.4) is 0 Å². The molecule has 8 heteroatoms. The van der Waals surface area contributed by atoms with Crippen molar-refractivity contribution in [2.75, 3.05) is 6.54 Å². The maximum atomic E-state index is 12.1. The number of nitrogens with one attached hydrogen (secondary N) is 2. The molecule has 1 aromatic carbocycles. The highest BCUT2D eigenvalue weighted by Crippen LogP contribution is 2.27. The standard InChI is InChI=1S/C14H15ClN4O.2ClH/c15-8-1-2-9-10(5-8)18-13(17-9)7-19-12-3-4-16-11(12)6-14(19)20;;/h1-2,5,11-12,16H,3-4,6-7H2,(H,17,18);2*1H/t11-,12-;;/m1../s1. The molecule has 0 radical (unpaired) electrons. The molecule has 2 N–H and O–H groups in total. The van der Waals surface area contributed by atoms with Gasteiger partial charge in [-0.25, -0.2) is 4.98 Å². The lowest BCUT2D eigenvalue weighted by Gasteiger charge is -2.22. The molecule has 120 valence electrons. The van der Waals surface area contributed by atoms with E-state index in [4.69, 9.17) is 11.6 Å². The maximum Gasteiger partial charge on any atom is 0.224 e. The molecule has 0 bridgehead atoms. The number of aromatic amines is 1. The van der Waals surface area contributed by atoms with E-state index in [1.165, 1.54) is 0 Å². The van der Waals surface area contributed by atoms with E-state index < -0.39 is 0 Å². The average molecular weight is 364 g/mol. The van der Waals surface area contributed by atoms with Crippen LogP contribution in [0.5, 0.6) is 0 Å². The second-order valence-corrected chi connectivity index (χ2v) is 5.92. The fourth-order valence-corrected chi connectivity index (χ4v) is 3.47. The lowest BCUT2D eigenvalue weighted by atomic mass is 10.1. The predicted molar refractivity (Wildman–Crippen MR) is 91.0 cm³/mol. The molecule has 2 saturated heterocycles. The Morgan fingerprint density at radius 1 is 1.36 bits per heavy atom. The minimum Gasteiger partial charge on any atom is -0.340 e. The summed E-state index contributed by atoms with van der Waals surface area (Å²) in [6, 6.07) is 6.22. The monoisotopic (exact) mass is 362 g/mol. The van der Waals surface area contributed by atoms with E-state index in [2.05, 4.69) is 15.3 Å². The zero-order valence-electron chi connectivity index (χ0n) is 11.7. The van der Waals surface area contributed by atoms with Crippen molar-refractivity contribution in [3.63, 3.8) is 0 Å². The summed E-state index contributed by atoms with van der Waals surface area (Å²) >= 11 is 5.97. The Labute approximate surface area is 145 Å². The number of carbonyl (C=O) groups is 1. The van der Waals surface area contributed by atoms with Crippen LogP contribution in [0.25, 0.3) is 11.0 Å². The molecule has 1 aromatic heterocycles. The molecule has 3 heterocycles. The Bertz CT molecular complexity index is 690. The van der Waals surface area contributed by atoms with Crippen LogP contribution in [0.2, 0.25) is 5.02 Å². The van der Waals surface area contributed by atoms with Gasteiger partial charge in [0.05, 0.1) is 17.6 Å². The number of H-pyrrole nitrogens is 1. The number of benzene rings is 1. The first-order valence-corrected chi connectivity index (χ1v) is 7.25. The highest BCUT2D eigenvalue weighted by Gasteiger charge is 2.42. The van der Waals surface area contributed by atoms with Crippen molar-refractivity contribution < 1.29 is 4.79 Å². The van der Waals surface area contributed by atoms with Crippen LogP contribution in [0.15, 0.2) is 18.2 Å². The minimum atomic E-state index is 0. The molecule has 2 aliphatic heterocycles. The molecule has 2 aromatic rings. The number of amides is 1. The van der Waals surface area contributed by atoms with Gasteiger partial charge in [-0.05, 0) is 31.2 Å². The summed E-state index contributed by atoms with van der Waals surface area (Å²) in [5.41, 5.74) is 1.80. The van der Waals surface area contributed by atoms with Gasteiger partial charge in [-0.1, -0.05) is 11.6 Å². The number of nitrogens with zero attached hydrogens (tertiary/aromatic N) is 2. The third kappa shape index (κ3) is 2.91. The second kappa shape index (κ2) is 6.62. The molecule has 2 aliphatic rings. The minimum absolute atomic E-state index is 0. The summed E-state index contributed by atoms with van der Waals surface area (Å²) in [6.45, 7) is 1.54. The first-order valence-electron chi connectivity index (χ1n) is 6.88.